The Kier molecular flexibility index (Phi) is 8.33. The lowest BCUT2D eigenvalue weighted by molar-refractivity contribution is -0.123. The van der Waals surface area contributed by atoms with Crippen LogP contribution in [-0.4, -0.2) is 60.3 Å². The number of aliphatic hydroxyl groups is 1. The molecular weight excluding hydrogens is 404 g/mol. The number of carbonyl (C=O) groups excluding carboxylic acids is 4. The highest BCUT2D eigenvalue weighted by atomic mass is 16.6. The first-order valence-corrected chi connectivity index (χ1v) is 9.59. The predicted molar refractivity (Wildman–Crippen MR) is 112 cm³/mol. The minimum atomic E-state index is -1.31. The van der Waals surface area contributed by atoms with Gasteiger partial charge in [0.1, 0.15) is 12.2 Å². The second-order valence-electron chi connectivity index (χ2n) is 7.01. The lowest BCUT2D eigenvalue weighted by Gasteiger charge is -2.33. The molecule has 0 fully saturated rings. The van der Waals surface area contributed by atoms with Crippen molar-refractivity contribution >= 4 is 23.8 Å². The Morgan fingerprint density at radius 3 is 2.48 bits per heavy atom. The van der Waals surface area contributed by atoms with Crippen LogP contribution < -0.4 is 21.7 Å². The third-order valence-corrected chi connectivity index (χ3v) is 4.53. The minimum Gasteiger partial charge on any atom is -0.443 e. The van der Waals surface area contributed by atoms with Crippen LogP contribution in [0.25, 0.3) is 0 Å². The first-order chi connectivity index (χ1) is 14.7. The molecule has 31 heavy (non-hydrogen) atoms. The summed E-state index contributed by atoms with van der Waals surface area (Å²) in [6, 6.07) is 5.76. The number of hydrogen-bond donors (Lipinski definition) is 5. The van der Waals surface area contributed by atoms with Crippen LogP contribution in [0.4, 0.5) is 4.79 Å². The molecule has 0 unspecified atom stereocenters. The molecule has 1 aliphatic carbocycles. The van der Waals surface area contributed by atoms with Gasteiger partial charge in [0.2, 0.25) is 11.8 Å². The van der Waals surface area contributed by atoms with Crippen molar-refractivity contribution in [1.82, 2.24) is 16.0 Å². The number of ether oxygens (including phenoxy) is 1. The zero-order valence-corrected chi connectivity index (χ0v) is 17.1. The molecule has 3 atom stereocenters. The lowest BCUT2D eigenvalue weighted by atomic mass is 9.89. The van der Waals surface area contributed by atoms with Crippen molar-refractivity contribution in [3.05, 3.63) is 59.7 Å². The normalized spacial score (nSPS) is 20.1. The van der Waals surface area contributed by atoms with Crippen molar-refractivity contribution in [1.29, 1.82) is 0 Å². The molecule has 0 saturated carbocycles. The number of alkyl carbamates (subject to hydrolysis) is 1. The number of amides is 4. The molecule has 166 valence electrons. The molecule has 0 heterocycles. The summed E-state index contributed by atoms with van der Waals surface area (Å²) in [6.07, 6.45) is -0.541. The molecule has 0 saturated heterocycles. The lowest BCUT2D eigenvalue weighted by Crippen LogP contribution is -2.53. The number of rotatable bonds is 8. The molecule has 1 aromatic rings. The van der Waals surface area contributed by atoms with E-state index in [2.05, 4.69) is 22.5 Å². The van der Waals surface area contributed by atoms with Crippen molar-refractivity contribution in [3.63, 3.8) is 0 Å². The third kappa shape index (κ3) is 6.96. The quantitative estimate of drug-likeness (QED) is 0.355. The number of nitrogens with one attached hydrogen (secondary N) is 3. The molecule has 10 nitrogen and oxygen atoms in total. The van der Waals surface area contributed by atoms with Crippen LogP contribution in [0.5, 0.6) is 0 Å². The number of aryl methyl sites for hydroxylation is 1. The highest BCUT2D eigenvalue weighted by Crippen LogP contribution is 2.23. The Hall–Kier alpha value is -3.66. The Bertz CT molecular complexity index is 880. The van der Waals surface area contributed by atoms with Crippen LogP contribution in [-0.2, 0) is 14.3 Å². The Morgan fingerprint density at radius 2 is 1.87 bits per heavy atom. The van der Waals surface area contributed by atoms with Crippen LogP contribution in [0.3, 0.4) is 0 Å². The molecule has 0 bridgehead atoms. The smallest absolute Gasteiger partial charge is 0.407 e. The molecule has 0 spiro atoms. The predicted octanol–water partition coefficient (Wildman–Crippen LogP) is -0.333. The Morgan fingerprint density at radius 1 is 1.19 bits per heavy atom. The van der Waals surface area contributed by atoms with E-state index >= 15 is 0 Å². The Labute approximate surface area is 179 Å². The van der Waals surface area contributed by atoms with Gasteiger partial charge in [-0.2, -0.15) is 0 Å². The SMILES string of the molecule is C=CCNC(=O)O[C@@H]1CC(C(=O)NCC(N)=O)=C[C@@H](NC(=O)c2ccc(C)cc2)[C@H]1O. The second kappa shape index (κ2) is 10.9. The fraction of sp³-hybridized carbons (Fsp3) is 0.333. The van der Waals surface area contributed by atoms with Crippen molar-refractivity contribution < 1.29 is 29.0 Å². The van der Waals surface area contributed by atoms with Gasteiger partial charge in [-0.3, -0.25) is 14.4 Å². The van der Waals surface area contributed by atoms with Crippen LogP contribution in [0, 0.1) is 6.92 Å². The van der Waals surface area contributed by atoms with E-state index in [4.69, 9.17) is 10.5 Å². The summed E-state index contributed by atoms with van der Waals surface area (Å²) in [5, 5.41) is 18.1. The molecule has 1 aromatic carbocycles. The zero-order chi connectivity index (χ0) is 23.0. The van der Waals surface area contributed by atoms with E-state index in [1.165, 1.54) is 12.2 Å². The van der Waals surface area contributed by atoms with Gasteiger partial charge in [0.25, 0.3) is 5.91 Å². The molecule has 0 radical (unpaired) electrons. The summed E-state index contributed by atoms with van der Waals surface area (Å²) in [6.45, 7) is 5.12. The largest absolute Gasteiger partial charge is 0.443 e. The average molecular weight is 430 g/mol. The molecule has 1 aliphatic rings. The summed E-state index contributed by atoms with van der Waals surface area (Å²) in [5.41, 5.74) is 6.50. The van der Waals surface area contributed by atoms with Crippen LogP contribution in [0.1, 0.15) is 22.3 Å². The average Bonchev–Trinajstić information content (AvgIpc) is 2.73. The van der Waals surface area contributed by atoms with E-state index in [1.807, 2.05) is 6.92 Å². The van der Waals surface area contributed by atoms with Gasteiger partial charge in [-0.1, -0.05) is 29.8 Å². The third-order valence-electron chi connectivity index (χ3n) is 4.53. The molecule has 6 N–H and O–H groups in total. The fourth-order valence-electron chi connectivity index (χ4n) is 2.91. The highest BCUT2D eigenvalue weighted by molar-refractivity contribution is 5.97. The summed E-state index contributed by atoms with van der Waals surface area (Å²) >= 11 is 0. The molecule has 0 aromatic heterocycles. The van der Waals surface area contributed by atoms with Gasteiger partial charge in [0, 0.05) is 24.1 Å². The van der Waals surface area contributed by atoms with E-state index in [0.717, 1.165) is 5.56 Å². The Balaban J connectivity index is 2.20. The number of carbonyl (C=O) groups is 4. The standard InChI is InChI=1S/C21H26N4O6/c1-3-8-23-21(30)31-16-10-14(19(28)24-11-17(22)26)9-15(18(16)27)25-20(29)13-6-4-12(2)5-7-13/h3-7,9,15-16,18,27H,1,8,10-11H2,2H3,(H2,22,26)(H,23,30)(H,24,28)(H,25,29)/t15-,16-,18-/m1/s1. The number of primary amides is 1. The van der Waals surface area contributed by atoms with E-state index in [0.29, 0.717) is 5.56 Å². The minimum absolute atomic E-state index is 0.121. The zero-order valence-electron chi connectivity index (χ0n) is 17.1. The van der Waals surface area contributed by atoms with Gasteiger partial charge >= 0.3 is 6.09 Å². The van der Waals surface area contributed by atoms with E-state index in [-0.39, 0.29) is 25.1 Å². The molecule has 10 heteroatoms. The van der Waals surface area contributed by atoms with Gasteiger partial charge in [-0.15, -0.1) is 6.58 Å². The fourth-order valence-corrected chi connectivity index (χ4v) is 2.91. The van der Waals surface area contributed by atoms with E-state index in [9.17, 15) is 24.3 Å². The van der Waals surface area contributed by atoms with Gasteiger partial charge in [-0.05, 0) is 19.1 Å². The number of aliphatic hydroxyl groups excluding tert-OH is 1. The van der Waals surface area contributed by atoms with Crippen molar-refractivity contribution in [2.45, 2.75) is 31.6 Å². The summed E-state index contributed by atoms with van der Waals surface area (Å²) in [7, 11) is 0. The number of nitrogens with two attached hydrogens (primary N) is 1. The first-order valence-electron chi connectivity index (χ1n) is 9.59. The number of hydrogen-bond acceptors (Lipinski definition) is 6. The second-order valence-corrected chi connectivity index (χ2v) is 7.01. The maximum Gasteiger partial charge on any atom is 0.407 e. The summed E-state index contributed by atoms with van der Waals surface area (Å²) in [5.74, 6) is -1.83. The van der Waals surface area contributed by atoms with Crippen molar-refractivity contribution in [2.75, 3.05) is 13.1 Å². The highest BCUT2D eigenvalue weighted by Gasteiger charge is 2.37. The maximum absolute atomic E-state index is 12.6. The topological polar surface area (TPSA) is 160 Å². The van der Waals surface area contributed by atoms with Crippen LogP contribution in [0.15, 0.2) is 48.6 Å². The van der Waals surface area contributed by atoms with Gasteiger partial charge in [-0.25, -0.2) is 4.79 Å². The van der Waals surface area contributed by atoms with Gasteiger partial charge < -0.3 is 31.5 Å². The first kappa shape index (κ1) is 23.6. The van der Waals surface area contributed by atoms with Crippen molar-refractivity contribution in [2.24, 2.45) is 5.73 Å². The maximum atomic E-state index is 12.6. The van der Waals surface area contributed by atoms with Gasteiger partial charge in [0.05, 0.1) is 12.6 Å². The van der Waals surface area contributed by atoms with Crippen molar-refractivity contribution in [3.8, 4) is 0 Å². The summed E-state index contributed by atoms with van der Waals surface area (Å²) < 4.78 is 5.23. The summed E-state index contributed by atoms with van der Waals surface area (Å²) in [4.78, 5) is 47.9. The molecular formula is C21H26N4O6. The number of benzene rings is 1. The van der Waals surface area contributed by atoms with Crippen LogP contribution in [0.2, 0.25) is 0 Å². The molecule has 0 aliphatic heterocycles. The molecule has 2 rings (SSSR count). The van der Waals surface area contributed by atoms with E-state index in [1.54, 1.807) is 24.3 Å². The van der Waals surface area contributed by atoms with E-state index < -0.39 is 42.1 Å². The van der Waals surface area contributed by atoms with Gasteiger partial charge in [0.15, 0.2) is 0 Å². The van der Waals surface area contributed by atoms with Crippen LogP contribution >= 0.6 is 0 Å². The monoisotopic (exact) mass is 430 g/mol. The molecule has 4 amide bonds.